The smallest absolute Gasteiger partial charge is 0.224 e. The molecule has 0 heterocycles. The number of aryl methyl sites for hydroxylation is 1. The van der Waals surface area contributed by atoms with Gasteiger partial charge in [-0.25, -0.2) is 0 Å². The molecule has 2 atom stereocenters. The predicted molar refractivity (Wildman–Crippen MR) is 101 cm³/mol. The summed E-state index contributed by atoms with van der Waals surface area (Å²) in [5.74, 6) is -0.0756. The third-order valence-corrected chi connectivity index (χ3v) is 4.26. The minimum Gasteiger partial charge on any atom is -0.390 e. The van der Waals surface area contributed by atoms with E-state index in [1.54, 1.807) is 0 Å². The van der Waals surface area contributed by atoms with Crippen molar-refractivity contribution in [1.29, 1.82) is 0 Å². The standard InChI is InChI=1S/C21H28N2O2/c1-3-17-10-7-11-19(12-17)14-22-15-20(24)16(2)23-21(25)13-18-8-5-4-6-9-18/h4-12,16,20,22,24H,3,13-15H2,1-2H3,(H,23,25)/t16-,20?/m0/s1. The summed E-state index contributed by atoms with van der Waals surface area (Å²) in [5.41, 5.74) is 3.48. The lowest BCUT2D eigenvalue weighted by Crippen LogP contribution is -2.46. The summed E-state index contributed by atoms with van der Waals surface area (Å²) in [6.45, 7) is 5.10. The van der Waals surface area contributed by atoms with Gasteiger partial charge in [0, 0.05) is 13.1 Å². The molecule has 0 radical (unpaired) electrons. The Bertz CT molecular complexity index is 658. The maximum Gasteiger partial charge on any atom is 0.224 e. The summed E-state index contributed by atoms with van der Waals surface area (Å²) in [5, 5.41) is 16.4. The number of hydrogen-bond donors (Lipinski definition) is 3. The van der Waals surface area contributed by atoms with E-state index in [9.17, 15) is 9.90 Å². The van der Waals surface area contributed by atoms with Gasteiger partial charge in [0.2, 0.25) is 5.91 Å². The van der Waals surface area contributed by atoms with Gasteiger partial charge in [-0.2, -0.15) is 0 Å². The molecule has 4 heteroatoms. The van der Waals surface area contributed by atoms with Crippen molar-refractivity contribution in [3.8, 4) is 0 Å². The Labute approximate surface area is 150 Å². The summed E-state index contributed by atoms with van der Waals surface area (Å²) >= 11 is 0. The molecule has 0 aliphatic carbocycles. The Hall–Kier alpha value is -2.17. The van der Waals surface area contributed by atoms with Gasteiger partial charge in [0.25, 0.3) is 0 Å². The first-order valence-electron chi connectivity index (χ1n) is 8.88. The molecule has 134 valence electrons. The molecule has 0 spiro atoms. The van der Waals surface area contributed by atoms with Crippen LogP contribution in [-0.2, 0) is 24.2 Å². The second-order valence-corrected chi connectivity index (χ2v) is 6.39. The molecule has 0 fully saturated rings. The van der Waals surface area contributed by atoms with Gasteiger partial charge in [-0.1, -0.05) is 61.5 Å². The Morgan fingerprint density at radius 3 is 2.44 bits per heavy atom. The van der Waals surface area contributed by atoms with E-state index in [4.69, 9.17) is 0 Å². The van der Waals surface area contributed by atoms with Crippen molar-refractivity contribution in [2.75, 3.05) is 6.54 Å². The van der Waals surface area contributed by atoms with E-state index in [2.05, 4.69) is 41.8 Å². The average molecular weight is 340 g/mol. The Kier molecular flexibility index (Phi) is 7.64. The van der Waals surface area contributed by atoms with Gasteiger partial charge in [0.05, 0.1) is 18.6 Å². The van der Waals surface area contributed by atoms with Gasteiger partial charge < -0.3 is 15.7 Å². The first kappa shape index (κ1) is 19.2. The van der Waals surface area contributed by atoms with Crippen LogP contribution in [0, 0.1) is 0 Å². The van der Waals surface area contributed by atoms with Crippen LogP contribution < -0.4 is 10.6 Å². The first-order valence-corrected chi connectivity index (χ1v) is 8.88. The van der Waals surface area contributed by atoms with E-state index in [0.717, 1.165) is 12.0 Å². The summed E-state index contributed by atoms with van der Waals surface area (Å²) in [6.07, 6.45) is 0.713. The molecule has 2 aromatic carbocycles. The molecule has 2 rings (SSSR count). The van der Waals surface area contributed by atoms with Gasteiger partial charge in [0.15, 0.2) is 0 Å². The number of hydrogen-bond acceptors (Lipinski definition) is 3. The molecule has 25 heavy (non-hydrogen) atoms. The molecule has 2 aromatic rings. The van der Waals surface area contributed by atoms with Crippen LogP contribution in [0.1, 0.15) is 30.5 Å². The molecule has 1 unspecified atom stereocenters. The van der Waals surface area contributed by atoms with E-state index < -0.39 is 6.10 Å². The quantitative estimate of drug-likeness (QED) is 0.657. The Balaban J connectivity index is 1.72. The maximum absolute atomic E-state index is 12.1. The van der Waals surface area contributed by atoms with Crippen LogP contribution in [0.3, 0.4) is 0 Å². The van der Waals surface area contributed by atoms with Crippen molar-refractivity contribution in [2.45, 2.75) is 45.4 Å². The topological polar surface area (TPSA) is 61.4 Å². The SMILES string of the molecule is CCc1cccc(CNCC(O)[C@H](C)NC(=O)Cc2ccccc2)c1. The molecule has 4 nitrogen and oxygen atoms in total. The van der Waals surface area contributed by atoms with E-state index >= 15 is 0 Å². The zero-order valence-electron chi connectivity index (χ0n) is 15.0. The first-order chi connectivity index (χ1) is 12.1. The highest BCUT2D eigenvalue weighted by atomic mass is 16.3. The molecular formula is C21H28N2O2. The van der Waals surface area contributed by atoms with Crippen molar-refractivity contribution in [3.05, 3.63) is 71.3 Å². The minimum atomic E-state index is -0.630. The van der Waals surface area contributed by atoms with E-state index in [1.165, 1.54) is 11.1 Å². The minimum absolute atomic E-state index is 0.0756. The summed E-state index contributed by atoms with van der Waals surface area (Å²) in [4.78, 5) is 12.1. The lowest BCUT2D eigenvalue weighted by Gasteiger charge is -2.21. The second kappa shape index (κ2) is 9.97. The summed E-state index contributed by atoms with van der Waals surface area (Å²) in [7, 11) is 0. The highest BCUT2D eigenvalue weighted by Gasteiger charge is 2.16. The lowest BCUT2D eigenvalue weighted by molar-refractivity contribution is -0.121. The van der Waals surface area contributed by atoms with Crippen molar-refractivity contribution in [1.82, 2.24) is 10.6 Å². The fourth-order valence-corrected chi connectivity index (χ4v) is 2.68. The van der Waals surface area contributed by atoms with Crippen LogP contribution in [0.5, 0.6) is 0 Å². The molecular weight excluding hydrogens is 312 g/mol. The van der Waals surface area contributed by atoms with Crippen molar-refractivity contribution >= 4 is 5.91 Å². The van der Waals surface area contributed by atoms with Crippen molar-refractivity contribution in [2.24, 2.45) is 0 Å². The molecule has 0 saturated carbocycles. The van der Waals surface area contributed by atoms with Gasteiger partial charge in [0.1, 0.15) is 0 Å². The van der Waals surface area contributed by atoms with Gasteiger partial charge in [-0.3, -0.25) is 4.79 Å². The van der Waals surface area contributed by atoms with Crippen LogP contribution in [0.25, 0.3) is 0 Å². The molecule has 0 bridgehead atoms. The highest BCUT2D eigenvalue weighted by Crippen LogP contribution is 2.06. The number of rotatable bonds is 9. The molecule has 3 N–H and O–H groups in total. The predicted octanol–water partition coefficient (Wildman–Crippen LogP) is 2.45. The number of amides is 1. The van der Waals surface area contributed by atoms with Crippen molar-refractivity contribution < 1.29 is 9.90 Å². The number of benzene rings is 2. The molecule has 0 aliphatic heterocycles. The number of aliphatic hydroxyl groups is 1. The molecule has 0 aromatic heterocycles. The van der Waals surface area contributed by atoms with E-state index in [-0.39, 0.29) is 11.9 Å². The van der Waals surface area contributed by atoms with Crippen LogP contribution in [0.15, 0.2) is 54.6 Å². The fourth-order valence-electron chi connectivity index (χ4n) is 2.68. The van der Waals surface area contributed by atoms with Crippen LogP contribution >= 0.6 is 0 Å². The van der Waals surface area contributed by atoms with Gasteiger partial charge >= 0.3 is 0 Å². The molecule has 0 aliphatic rings. The van der Waals surface area contributed by atoms with E-state index in [0.29, 0.717) is 19.5 Å². The van der Waals surface area contributed by atoms with Crippen LogP contribution in [0.4, 0.5) is 0 Å². The largest absolute Gasteiger partial charge is 0.390 e. The van der Waals surface area contributed by atoms with Crippen LogP contribution in [0.2, 0.25) is 0 Å². The lowest BCUT2D eigenvalue weighted by atomic mass is 10.1. The molecule has 1 amide bonds. The van der Waals surface area contributed by atoms with Crippen LogP contribution in [-0.4, -0.2) is 29.7 Å². The summed E-state index contributed by atoms with van der Waals surface area (Å²) < 4.78 is 0. The van der Waals surface area contributed by atoms with Gasteiger partial charge in [-0.05, 0) is 30.0 Å². The zero-order chi connectivity index (χ0) is 18.1. The number of aliphatic hydroxyl groups excluding tert-OH is 1. The fraction of sp³-hybridized carbons (Fsp3) is 0.381. The molecule has 0 saturated heterocycles. The van der Waals surface area contributed by atoms with Crippen molar-refractivity contribution in [3.63, 3.8) is 0 Å². The third-order valence-electron chi connectivity index (χ3n) is 4.26. The Morgan fingerprint density at radius 1 is 1.04 bits per heavy atom. The summed E-state index contributed by atoms with van der Waals surface area (Å²) in [6, 6.07) is 17.7. The second-order valence-electron chi connectivity index (χ2n) is 6.39. The maximum atomic E-state index is 12.1. The van der Waals surface area contributed by atoms with Gasteiger partial charge in [-0.15, -0.1) is 0 Å². The monoisotopic (exact) mass is 340 g/mol. The normalized spacial score (nSPS) is 13.2. The average Bonchev–Trinajstić information content (AvgIpc) is 2.62. The Morgan fingerprint density at radius 2 is 1.72 bits per heavy atom. The third kappa shape index (κ3) is 6.69. The van der Waals surface area contributed by atoms with E-state index in [1.807, 2.05) is 37.3 Å². The number of carbonyl (C=O) groups excluding carboxylic acids is 1. The number of carbonyl (C=O) groups is 1. The highest BCUT2D eigenvalue weighted by molar-refractivity contribution is 5.78. The number of nitrogens with one attached hydrogen (secondary N) is 2. The zero-order valence-corrected chi connectivity index (χ0v) is 15.0.